The minimum atomic E-state index is -0.175. The zero-order valence-corrected chi connectivity index (χ0v) is 16.4. The topological polar surface area (TPSA) is 61.4 Å². The molecule has 0 bridgehead atoms. The molecule has 0 aromatic heterocycles. The summed E-state index contributed by atoms with van der Waals surface area (Å²) in [5.41, 5.74) is 3.61. The molecule has 0 unspecified atom stereocenters. The lowest BCUT2D eigenvalue weighted by Crippen LogP contribution is -2.32. The number of hydrogen-bond acceptors (Lipinski definition) is 3. The third-order valence-electron chi connectivity index (χ3n) is 4.94. The van der Waals surface area contributed by atoms with Gasteiger partial charge in [0.25, 0.3) is 0 Å². The molecule has 2 amide bonds. The standard InChI is InChI=1S/C23H27N3O2/c1-17-13-15-26(16-14-17)22-10-8-21(9-11-22)25-23(28)12-5-19-3-6-20(7-4-19)24-18(2)27/h3-12,17H,13-16H2,1-2H3,(H,24,27)(H,25,28)/b12-5+. The minimum absolute atomic E-state index is 0.108. The monoisotopic (exact) mass is 377 g/mol. The van der Waals surface area contributed by atoms with Crippen LogP contribution >= 0.6 is 0 Å². The Morgan fingerprint density at radius 2 is 1.50 bits per heavy atom. The summed E-state index contributed by atoms with van der Waals surface area (Å²) in [4.78, 5) is 25.6. The van der Waals surface area contributed by atoms with Crippen molar-refractivity contribution < 1.29 is 9.59 Å². The lowest BCUT2D eigenvalue weighted by Gasteiger charge is -2.32. The number of anilines is 3. The van der Waals surface area contributed by atoms with Crippen LogP contribution in [0.2, 0.25) is 0 Å². The van der Waals surface area contributed by atoms with Gasteiger partial charge in [-0.1, -0.05) is 19.1 Å². The third-order valence-corrected chi connectivity index (χ3v) is 4.94. The molecule has 0 atom stereocenters. The van der Waals surface area contributed by atoms with E-state index in [9.17, 15) is 9.59 Å². The van der Waals surface area contributed by atoms with Gasteiger partial charge in [-0.2, -0.15) is 0 Å². The average Bonchev–Trinajstić information content (AvgIpc) is 2.68. The first kappa shape index (κ1) is 19.7. The normalized spacial score (nSPS) is 14.9. The van der Waals surface area contributed by atoms with Crippen molar-refractivity contribution in [3.8, 4) is 0 Å². The number of nitrogens with one attached hydrogen (secondary N) is 2. The van der Waals surface area contributed by atoms with Gasteiger partial charge in [0.15, 0.2) is 0 Å². The third kappa shape index (κ3) is 5.71. The van der Waals surface area contributed by atoms with E-state index in [1.54, 1.807) is 18.2 Å². The summed E-state index contributed by atoms with van der Waals surface area (Å²) in [7, 11) is 0. The summed E-state index contributed by atoms with van der Waals surface area (Å²) >= 11 is 0. The number of amides is 2. The molecule has 1 saturated heterocycles. The maximum atomic E-state index is 12.2. The molecule has 2 aromatic rings. The van der Waals surface area contributed by atoms with E-state index in [2.05, 4.69) is 34.6 Å². The van der Waals surface area contributed by atoms with Gasteiger partial charge in [-0.05, 0) is 66.8 Å². The molecule has 1 aliphatic rings. The molecule has 28 heavy (non-hydrogen) atoms. The van der Waals surface area contributed by atoms with Crippen molar-refractivity contribution >= 4 is 35.0 Å². The van der Waals surface area contributed by atoms with Crippen LogP contribution in [0.15, 0.2) is 54.6 Å². The fourth-order valence-electron chi connectivity index (χ4n) is 3.26. The Morgan fingerprint density at radius 1 is 0.929 bits per heavy atom. The van der Waals surface area contributed by atoms with Crippen molar-refractivity contribution in [2.75, 3.05) is 28.6 Å². The van der Waals surface area contributed by atoms with Gasteiger partial charge >= 0.3 is 0 Å². The van der Waals surface area contributed by atoms with E-state index in [-0.39, 0.29) is 11.8 Å². The minimum Gasteiger partial charge on any atom is -0.372 e. The second-order valence-corrected chi connectivity index (χ2v) is 7.34. The van der Waals surface area contributed by atoms with E-state index >= 15 is 0 Å². The number of benzene rings is 2. The highest BCUT2D eigenvalue weighted by molar-refractivity contribution is 6.02. The van der Waals surface area contributed by atoms with E-state index in [0.717, 1.165) is 35.9 Å². The second kappa shape index (κ2) is 9.22. The highest BCUT2D eigenvalue weighted by Crippen LogP contribution is 2.24. The highest BCUT2D eigenvalue weighted by Gasteiger charge is 2.15. The van der Waals surface area contributed by atoms with E-state index in [0.29, 0.717) is 0 Å². The van der Waals surface area contributed by atoms with Gasteiger partial charge in [-0.25, -0.2) is 0 Å². The summed E-state index contributed by atoms with van der Waals surface area (Å²) in [6, 6.07) is 15.3. The fraction of sp³-hybridized carbons (Fsp3) is 0.304. The van der Waals surface area contributed by atoms with Gasteiger partial charge in [0, 0.05) is 43.2 Å². The summed E-state index contributed by atoms with van der Waals surface area (Å²) < 4.78 is 0. The predicted molar refractivity (Wildman–Crippen MR) is 115 cm³/mol. The fourth-order valence-corrected chi connectivity index (χ4v) is 3.26. The van der Waals surface area contributed by atoms with Crippen LogP contribution in [-0.4, -0.2) is 24.9 Å². The molecule has 5 heteroatoms. The molecule has 3 rings (SSSR count). The zero-order valence-electron chi connectivity index (χ0n) is 16.4. The first-order valence-electron chi connectivity index (χ1n) is 9.71. The second-order valence-electron chi connectivity index (χ2n) is 7.34. The molecule has 0 radical (unpaired) electrons. The average molecular weight is 377 g/mol. The Morgan fingerprint density at radius 3 is 2.11 bits per heavy atom. The van der Waals surface area contributed by atoms with Crippen LogP contribution in [0.5, 0.6) is 0 Å². The molecule has 1 fully saturated rings. The maximum absolute atomic E-state index is 12.2. The van der Waals surface area contributed by atoms with Crippen molar-refractivity contribution in [3.63, 3.8) is 0 Å². The summed E-state index contributed by atoms with van der Waals surface area (Å²) in [6.45, 7) is 5.96. The quantitative estimate of drug-likeness (QED) is 0.753. The molecule has 146 valence electrons. The molecule has 2 N–H and O–H groups in total. The number of rotatable bonds is 5. The van der Waals surface area contributed by atoms with Crippen LogP contribution in [0.3, 0.4) is 0 Å². The molecule has 0 spiro atoms. The molecular weight excluding hydrogens is 350 g/mol. The van der Waals surface area contributed by atoms with Crippen molar-refractivity contribution in [2.45, 2.75) is 26.7 Å². The number of carbonyl (C=O) groups excluding carboxylic acids is 2. The Balaban J connectivity index is 1.53. The Labute approximate surface area is 166 Å². The first-order valence-corrected chi connectivity index (χ1v) is 9.71. The van der Waals surface area contributed by atoms with Crippen molar-refractivity contribution in [2.24, 2.45) is 5.92 Å². The largest absolute Gasteiger partial charge is 0.372 e. The van der Waals surface area contributed by atoms with Crippen molar-refractivity contribution in [1.29, 1.82) is 0 Å². The van der Waals surface area contributed by atoms with Gasteiger partial charge < -0.3 is 15.5 Å². The maximum Gasteiger partial charge on any atom is 0.248 e. The van der Waals surface area contributed by atoms with Crippen LogP contribution in [0.4, 0.5) is 17.1 Å². The van der Waals surface area contributed by atoms with Gasteiger partial charge in [0.05, 0.1) is 0 Å². The predicted octanol–water partition coefficient (Wildman–Crippen LogP) is 4.53. The smallest absolute Gasteiger partial charge is 0.248 e. The summed E-state index contributed by atoms with van der Waals surface area (Å²) in [5, 5.41) is 5.60. The Hall–Kier alpha value is -3.08. The van der Waals surface area contributed by atoms with Crippen molar-refractivity contribution in [1.82, 2.24) is 0 Å². The lowest BCUT2D eigenvalue weighted by atomic mass is 9.99. The van der Waals surface area contributed by atoms with Crippen LogP contribution in [-0.2, 0) is 9.59 Å². The SMILES string of the molecule is CC(=O)Nc1ccc(/C=C/C(=O)Nc2ccc(N3CCC(C)CC3)cc2)cc1. The highest BCUT2D eigenvalue weighted by atomic mass is 16.2. The number of carbonyl (C=O) groups is 2. The first-order chi connectivity index (χ1) is 13.5. The molecular formula is C23H27N3O2. The molecule has 0 aliphatic carbocycles. The van der Waals surface area contributed by atoms with Gasteiger partial charge in [-0.15, -0.1) is 0 Å². The number of piperidine rings is 1. The zero-order chi connectivity index (χ0) is 19.9. The Bertz CT molecular complexity index is 833. The Kier molecular flexibility index (Phi) is 6.48. The van der Waals surface area contributed by atoms with E-state index < -0.39 is 0 Å². The van der Waals surface area contributed by atoms with Crippen LogP contribution in [0.1, 0.15) is 32.3 Å². The van der Waals surface area contributed by atoms with Gasteiger partial charge in [0.2, 0.25) is 11.8 Å². The number of hydrogen-bond donors (Lipinski definition) is 2. The van der Waals surface area contributed by atoms with E-state index in [4.69, 9.17) is 0 Å². The number of nitrogens with zero attached hydrogens (tertiary/aromatic N) is 1. The summed E-state index contributed by atoms with van der Waals surface area (Å²) in [6.07, 6.45) is 5.72. The molecule has 1 aliphatic heterocycles. The van der Waals surface area contributed by atoms with E-state index in [1.807, 2.05) is 24.3 Å². The summed E-state index contributed by atoms with van der Waals surface area (Å²) in [5.74, 6) is 0.525. The van der Waals surface area contributed by atoms with Crippen LogP contribution in [0, 0.1) is 5.92 Å². The van der Waals surface area contributed by atoms with Gasteiger partial charge in [-0.3, -0.25) is 9.59 Å². The molecule has 5 nitrogen and oxygen atoms in total. The molecule has 0 saturated carbocycles. The molecule has 1 heterocycles. The van der Waals surface area contributed by atoms with Crippen LogP contribution in [0.25, 0.3) is 6.08 Å². The molecule has 2 aromatic carbocycles. The lowest BCUT2D eigenvalue weighted by molar-refractivity contribution is -0.114. The van der Waals surface area contributed by atoms with Gasteiger partial charge in [0.1, 0.15) is 0 Å². The van der Waals surface area contributed by atoms with E-state index in [1.165, 1.54) is 31.5 Å². The van der Waals surface area contributed by atoms with Crippen LogP contribution < -0.4 is 15.5 Å². The van der Waals surface area contributed by atoms with Crippen molar-refractivity contribution in [3.05, 3.63) is 60.2 Å².